The molecule has 0 aromatic heterocycles. The number of aliphatic carboxylic acids is 1. The van der Waals surface area contributed by atoms with Gasteiger partial charge in [-0.25, -0.2) is 4.79 Å². The SMILES string of the molecule is O=C(Nc1ccccc1[C@H](N=Cc1ccccc1)C(=O)O)C1CCCN1Cc1ccccc1. The third kappa shape index (κ3) is 5.73. The van der Waals surface area contributed by atoms with Gasteiger partial charge in [-0.15, -0.1) is 0 Å². The van der Waals surface area contributed by atoms with Gasteiger partial charge < -0.3 is 10.4 Å². The van der Waals surface area contributed by atoms with E-state index in [0.717, 1.165) is 24.9 Å². The first-order chi connectivity index (χ1) is 16.1. The van der Waals surface area contributed by atoms with Gasteiger partial charge in [-0.1, -0.05) is 78.9 Å². The van der Waals surface area contributed by atoms with E-state index in [1.165, 1.54) is 5.56 Å². The van der Waals surface area contributed by atoms with Gasteiger partial charge in [-0.3, -0.25) is 14.7 Å². The van der Waals surface area contributed by atoms with Crippen LogP contribution in [0.1, 0.15) is 35.6 Å². The average Bonchev–Trinajstić information content (AvgIpc) is 3.29. The predicted octanol–water partition coefficient (Wildman–Crippen LogP) is 4.53. The fourth-order valence-corrected chi connectivity index (χ4v) is 4.17. The van der Waals surface area contributed by atoms with Gasteiger partial charge in [-0.05, 0) is 36.6 Å². The zero-order valence-electron chi connectivity index (χ0n) is 18.3. The van der Waals surface area contributed by atoms with Gasteiger partial charge in [0.2, 0.25) is 5.91 Å². The van der Waals surface area contributed by atoms with Crippen LogP contribution in [0.2, 0.25) is 0 Å². The topological polar surface area (TPSA) is 82.0 Å². The minimum atomic E-state index is -1.12. The highest BCUT2D eigenvalue weighted by Crippen LogP contribution is 2.28. The van der Waals surface area contributed by atoms with E-state index in [-0.39, 0.29) is 11.9 Å². The molecule has 1 aliphatic heterocycles. The van der Waals surface area contributed by atoms with Crippen molar-refractivity contribution in [1.82, 2.24) is 4.90 Å². The fraction of sp³-hybridized carbons (Fsp3) is 0.222. The molecule has 1 amide bonds. The van der Waals surface area contributed by atoms with Gasteiger partial charge in [0.05, 0.1) is 6.04 Å². The third-order valence-electron chi connectivity index (χ3n) is 5.81. The summed E-state index contributed by atoms with van der Waals surface area (Å²) in [5.74, 6) is -1.19. The van der Waals surface area contributed by atoms with Crippen molar-refractivity contribution in [3.63, 3.8) is 0 Å². The number of likely N-dealkylation sites (tertiary alicyclic amines) is 1. The summed E-state index contributed by atoms with van der Waals surface area (Å²) in [7, 11) is 0. The van der Waals surface area contributed by atoms with Crippen molar-refractivity contribution in [1.29, 1.82) is 0 Å². The first kappa shape index (κ1) is 22.4. The molecule has 0 aliphatic carbocycles. The maximum atomic E-state index is 13.2. The molecule has 33 heavy (non-hydrogen) atoms. The van der Waals surface area contributed by atoms with Crippen LogP contribution in [0.25, 0.3) is 0 Å². The molecule has 1 fully saturated rings. The van der Waals surface area contributed by atoms with Crippen molar-refractivity contribution in [2.75, 3.05) is 11.9 Å². The van der Waals surface area contributed by atoms with Crippen LogP contribution in [0.15, 0.2) is 89.9 Å². The summed E-state index contributed by atoms with van der Waals surface area (Å²) in [6.45, 7) is 1.56. The number of nitrogens with zero attached hydrogens (tertiary/aromatic N) is 2. The molecule has 168 valence electrons. The van der Waals surface area contributed by atoms with Crippen molar-refractivity contribution in [3.05, 3.63) is 102 Å². The third-order valence-corrected chi connectivity index (χ3v) is 5.81. The number of carbonyl (C=O) groups excluding carboxylic acids is 1. The van der Waals surface area contributed by atoms with Crippen LogP contribution < -0.4 is 5.32 Å². The largest absolute Gasteiger partial charge is 0.479 e. The second-order valence-corrected chi connectivity index (χ2v) is 8.12. The number of nitrogens with one attached hydrogen (secondary N) is 1. The Bertz CT molecular complexity index is 1120. The molecule has 3 aromatic carbocycles. The molecular weight excluding hydrogens is 414 g/mol. The van der Waals surface area contributed by atoms with E-state index in [2.05, 4.69) is 27.3 Å². The molecule has 1 aliphatic rings. The minimum Gasteiger partial charge on any atom is -0.479 e. The highest BCUT2D eigenvalue weighted by atomic mass is 16.4. The number of hydrogen-bond acceptors (Lipinski definition) is 4. The lowest BCUT2D eigenvalue weighted by molar-refractivity contribution is -0.138. The fourth-order valence-electron chi connectivity index (χ4n) is 4.17. The summed E-state index contributed by atoms with van der Waals surface area (Å²) < 4.78 is 0. The zero-order valence-corrected chi connectivity index (χ0v) is 18.3. The summed E-state index contributed by atoms with van der Waals surface area (Å²) in [6.07, 6.45) is 3.27. The molecule has 1 unspecified atom stereocenters. The van der Waals surface area contributed by atoms with Crippen LogP contribution in [0.4, 0.5) is 5.69 Å². The van der Waals surface area contributed by atoms with Crippen molar-refractivity contribution in [2.45, 2.75) is 31.5 Å². The van der Waals surface area contributed by atoms with E-state index < -0.39 is 12.0 Å². The molecule has 2 N–H and O–H groups in total. The number of hydrogen-bond donors (Lipinski definition) is 2. The summed E-state index contributed by atoms with van der Waals surface area (Å²) >= 11 is 0. The Kier molecular flexibility index (Phi) is 7.27. The molecule has 0 bridgehead atoms. The Morgan fingerprint density at radius 3 is 2.39 bits per heavy atom. The van der Waals surface area contributed by atoms with E-state index in [4.69, 9.17) is 0 Å². The summed E-state index contributed by atoms with van der Waals surface area (Å²) in [6, 6.07) is 25.1. The number of carboxylic acid groups (broad SMARTS) is 1. The Labute approximate surface area is 193 Å². The molecule has 3 aromatic rings. The highest BCUT2D eigenvalue weighted by Gasteiger charge is 2.31. The Balaban J connectivity index is 1.52. The standard InChI is InChI=1S/C27H27N3O3/c31-26(24-16-9-17-30(24)19-21-12-5-2-6-13-21)29-23-15-8-7-14-22(23)25(27(32)33)28-18-20-10-3-1-4-11-20/h1-8,10-15,18,24-25H,9,16-17,19H2,(H,29,31)(H,32,33)/t24?,25-/m0/s1. The number of aliphatic imine (C=N–C) groups is 1. The lowest BCUT2D eigenvalue weighted by Crippen LogP contribution is -2.39. The highest BCUT2D eigenvalue weighted by molar-refractivity contribution is 5.96. The number of carbonyl (C=O) groups is 2. The van der Waals surface area contributed by atoms with Crippen molar-refractivity contribution < 1.29 is 14.7 Å². The second kappa shape index (κ2) is 10.7. The van der Waals surface area contributed by atoms with Crippen LogP contribution >= 0.6 is 0 Å². The maximum absolute atomic E-state index is 13.2. The van der Waals surface area contributed by atoms with Crippen LogP contribution in [-0.4, -0.2) is 40.7 Å². The molecule has 2 atom stereocenters. The van der Waals surface area contributed by atoms with Gasteiger partial charge in [0.1, 0.15) is 0 Å². The number of rotatable bonds is 8. The quantitative estimate of drug-likeness (QED) is 0.503. The first-order valence-electron chi connectivity index (χ1n) is 11.1. The van der Waals surface area contributed by atoms with E-state index in [9.17, 15) is 14.7 Å². The van der Waals surface area contributed by atoms with E-state index >= 15 is 0 Å². The molecule has 0 radical (unpaired) electrons. The summed E-state index contributed by atoms with van der Waals surface area (Å²) in [4.78, 5) is 31.7. The van der Waals surface area contributed by atoms with Gasteiger partial charge in [0.25, 0.3) is 0 Å². The van der Waals surface area contributed by atoms with Gasteiger partial charge in [0, 0.05) is 24.0 Å². The van der Waals surface area contributed by atoms with Crippen LogP contribution in [0, 0.1) is 0 Å². The van der Waals surface area contributed by atoms with Gasteiger partial charge in [-0.2, -0.15) is 0 Å². The molecule has 4 rings (SSSR count). The molecule has 6 nitrogen and oxygen atoms in total. The number of para-hydroxylation sites is 1. The lowest BCUT2D eigenvalue weighted by Gasteiger charge is -2.24. The van der Waals surface area contributed by atoms with E-state index in [1.54, 1.807) is 30.5 Å². The molecule has 6 heteroatoms. The second-order valence-electron chi connectivity index (χ2n) is 8.12. The number of benzene rings is 3. The predicted molar refractivity (Wildman–Crippen MR) is 129 cm³/mol. The van der Waals surface area contributed by atoms with E-state index in [0.29, 0.717) is 17.8 Å². The molecule has 0 saturated carbocycles. The van der Waals surface area contributed by atoms with Crippen LogP contribution in [0.5, 0.6) is 0 Å². The Morgan fingerprint density at radius 2 is 1.67 bits per heavy atom. The van der Waals surface area contributed by atoms with Crippen LogP contribution in [0.3, 0.4) is 0 Å². The smallest absolute Gasteiger partial charge is 0.333 e. The van der Waals surface area contributed by atoms with Gasteiger partial charge >= 0.3 is 5.97 Å². The number of carboxylic acids is 1. The normalized spacial score (nSPS) is 17.2. The average molecular weight is 442 g/mol. The molecular formula is C27H27N3O3. The monoisotopic (exact) mass is 441 g/mol. The van der Waals surface area contributed by atoms with Crippen molar-refractivity contribution >= 4 is 23.8 Å². The first-order valence-corrected chi connectivity index (χ1v) is 11.1. The maximum Gasteiger partial charge on any atom is 0.333 e. The zero-order chi connectivity index (χ0) is 23.0. The molecule has 0 spiro atoms. The van der Waals surface area contributed by atoms with Crippen LogP contribution in [-0.2, 0) is 16.1 Å². The molecule has 1 saturated heterocycles. The number of anilines is 1. The Morgan fingerprint density at radius 1 is 1.00 bits per heavy atom. The number of amides is 1. The summed E-state index contributed by atoms with van der Waals surface area (Å²) in [5, 5.41) is 12.8. The minimum absolute atomic E-state index is 0.118. The lowest BCUT2D eigenvalue weighted by atomic mass is 10.0. The van der Waals surface area contributed by atoms with Crippen molar-refractivity contribution in [3.8, 4) is 0 Å². The van der Waals surface area contributed by atoms with E-state index in [1.807, 2.05) is 48.5 Å². The van der Waals surface area contributed by atoms with Crippen molar-refractivity contribution in [2.24, 2.45) is 4.99 Å². The Hall–Kier alpha value is -3.77. The van der Waals surface area contributed by atoms with Gasteiger partial charge in [0.15, 0.2) is 6.04 Å². The summed E-state index contributed by atoms with van der Waals surface area (Å²) in [5.41, 5.74) is 2.91. The molecule has 1 heterocycles.